The minimum atomic E-state index is -0.570. The Kier molecular flexibility index (Phi) is 5.97. The molecule has 1 N–H and O–H groups in total. The average molecular weight is 589 g/mol. The maximum Gasteiger partial charge on any atom is 0.0782 e. The Morgan fingerprint density at radius 1 is 0.413 bits per heavy atom. The van der Waals surface area contributed by atoms with Crippen molar-refractivity contribution in [2.24, 2.45) is 0 Å². The van der Waals surface area contributed by atoms with Crippen LogP contribution in [0.4, 0.5) is 28.4 Å². The Bertz CT molecular complexity index is 2100. The summed E-state index contributed by atoms with van der Waals surface area (Å²) >= 11 is 0. The molecule has 7 aromatic carbocycles. The van der Waals surface area contributed by atoms with E-state index in [-0.39, 0.29) is 0 Å². The van der Waals surface area contributed by atoms with Crippen LogP contribution in [-0.2, 0) is 5.41 Å². The number of hydrogen-bond acceptors (Lipinski definition) is 2. The SMILES string of the molecule is Cc1ccc(N2c3ccccc3C3(c4cc(-c5ccccc5)ccc4Nc4ccc(-c5ccccc5)cc43)c3ccccc32)cc1. The summed E-state index contributed by atoms with van der Waals surface area (Å²) in [6.07, 6.45) is 0. The Morgan fingerprint density at radius 3 is 1.37 bits per heavy atom. The van der Waals surface area contributed by atoms with Crippen molar-refractivity contribution in [3.8, 4) is 22.3 Å². The fourth-order valence-electron chi connectivity index (χ4n) is 7.64. The van der Waals surface area contributed by atoms with Gasteiger partial charge in [0.15, 0.2) is 0 Å². The zero-order valence-corrected chi connectivity index (χ0v) is 25.6. The number of benzene rings is 7. The highest BCUT2D eigenvalue weighted by atomic mass is 15.2. The van der Waals surface area contributed by atoms with E-state index in [0.717, 1.165) is 17.1 Å². The Hall–Kier alpha value is -5.86. The van der Waals surface area contributed by atoms with Crippen molar-refractivity contribution in [1.82, 2.24) is 0 Å². The number of rotatable bonds is 3. The summed E-state index contributed by atoms with van der Waals surface area (Å²) in [6.45, 7) is 2.15. The second kappa shape index (κ2) is 10.4. The highest BCUT2D eigenvalue weighted by Crippen LogP contribution is 2.62. The van der Waals surface area contributed by atoms with E-state index < -0.39 is 5.41 Å². The van der Waals surface area contributed by atoms with E-state index in [0.29, 0.717) is 0 Å². The summed E-state index contributed by atoms with van der Waals surface area (Å²) in [4.78, 5) is 2.44. The van der Waals surface area contributed by atoms with Gasteiger partial charge >= 0.3 is 0 Å². The minimum Gasteiger partial charge on any atom is -0.355 e. The molecule has 2 heteroatoms. The second-order valence-corrected chi connectivity index (χ2v) is 12.3. The van der Waals surface area contributed by atoms with Crippen molar-refractivity contribution < 1.29 is 0 Å². The van der Waals surface area contributed by atoms with E-state index >= 15 is 0 Å². The Morgan fingerprint density at radius 2 is 0.870 bits per heavy atom. The predicted molar refractivity (Wildman–Crippen MR) is 192 cm³/mol. The summed E-state index contributed by atoms with van der Waals surface area (Å²) in [7, 11) is 0. The molecule has 218 valence electrons. The molecule has 0 saturated carbocycles. The van der Waals surface area contributed by atoms with Crippen LogP contribution in [0.15, 0.2) is 170 Å². The fourth-order valence-corrected chi connectivity index (χ4v) is 7.64. The van der Waals surface area contributed by atoms with Crippen molar-refractivity contribution in [3.63, 3.8) is 0 Å². The molecule has 0 aliphatic carbocycles. The van der Waals surface area contributed by atoms with Crippen LogP contribution in [0, 0.1) is 6.92 Å². The summed E-state index contributed by atoms with van der Waals surface area (Å²) < 4.78 is 0. The molecular formula is C44H32N2. The van der Waals surface area contributed by atoms with Crippen LogP contribution in [0.25, 0.3) is 22.3 Å². The monoisotopic (exact) mass is 588 g/mol. The summed E-state index contributed by atoms with van der Waals surface area (Å²) in [6, 6.07) is 62.2. The molecule has 0 bridgehead atoms. The number of hydrogen-bond donors (Lipinski definition) is 1. The van der Waals surface area contributed by atoms with Gasteiger partial charge in [0.25, 0.3) is 0 Å². The largest absolute Gasteiger partial charge is 0.355 e. The topological polar surface area (TPSA) is 15.3 Å². The first kappa shape index (κ1) is 26.5. The van der Waals surface area contributed by atoms with Crippen LogP contribution in [-0.4, -0.2) is 0 Å². The van der Waals surface area contributed by atoms with Crippen molar-refractivity contribution in [2.75, 3.05) is 10.2 Å². The Balaban J connectivity index is 1.41. The van der Waals surface area contributed by atoms with Gasteiger partial charge in [-0.2, -0.15) is 0 Å². The van der Waals surface area contributed by atoms with Gasteiger partial charge in [-0.05, 0) is 100.0 Å². The molecule has 0 aromatic heterocycles. The van der Waals surface area contributed by atoms with E-state index in [1.54, 1.807) is 0 Å². The van der Waals surface area contributed by atoms with Crippen LogP contribution in [0.1, 0.15) is 27.8 Å². The number of para-hydroxylation sites is 2. The van der Waals surface area contributed by atoms with E-state index in [9.17, 15) is 0 Å². The minimum absolute atomic E-state index is 0.570. The third-order valence-corrected chi connectivity index (χ3v) is 9.72. The lowest BCUT2D eigenvalue weighted by Gasteiger charge is -2.49. The third kappa shape index (κ3) is 3.90. The molecule has 0 radical (unpaired) electrons. The summed E-state index contributed by atoms with van der Waals surface area (Å²) in [5.41, 5.74) is 16.4. The molecular weight excluding hydrogens is 556 g/mol. The van der Waals surface area contributed by atoms with Crippen molar-refractivity contribution in [1.29, 1.82) is 0 Å². The fraction of sp³-hybridized carbons (Fsp3) is 0.0455. The molecule has 2 nitrogen and oxygen atoms in total. The van der Waals surface area contributed by atoms with Crippen LogP contribution in [0.3, 0.4) is 0 Å². The van der Waals surface area contributed by atoms with Crippen molar-refractivity contribution in [2.45, 2.75) is 12.3 Å². The van der Waals surface area contributed by atoms with Gasteiger partial charge in [-0.3, -0.25) is 0 Å². The molecule has 7 aromatic rings. The van der Waals surface area contributed by atoms with Crippen LogP contribution in [0.5, 0.6) is 0 Å². The highest BCUT2D eigenvalue weighted by Gasteiger charge is 2.50. The molecule has 9 rings (SSSR count). The van der Waals surface area contributed by atoms with Gasteiger partial charge in [-0.15, -0.1) is 0 Å². The summed E-state index contributed by atoms with van der Waals surface area (Å²) in [5.74, 6) is 0. The van der Waals surface area contributed by atoms with Gasteiger partial charge in [-0.25, -0.2) is 0 Å². The third-order valence-electron chi connectivity index (χ3n) is 9.72. The smallest absolute Gasteiger partial charge is 0.0782 e. The number of nitrogens with one attached hydrogen (secondary N) is 1. The first-order chi connectivity index (χ1) is 22.7. The van der Waals surface area contributed by atoms with Gasteiger partial charge in [0.2, 0.25) is 0 Å². The lowest BCUT2D eigenvalue weighted by Crippen LogP contribution is -2.40. The van der Waals surface area contributed by atoms with E-state index in [1.165, 1.54) is 61.4 Å². The van der Waals surface area contributed by atoms with E-state index in [1.807, 2.05) is 0 Å². The molecule has 0 saturated heterocycles. The normalized spacial score (nSPS) is 13.6. The average Bonchev–Trinajstić information content (AvgIpc) is 3.12. The first-order valence-electron chi connectivity index (χ1n) is 15.9. The van der Waals surface area contributed by atoms with Gasteiger partial charge in [0.05, 0.1) is 16.8 Å². The highest BCUT2D eigenvalue weighted by molar-refractivity contribution is 5.95. The van der Waals surface area contributed by atoms with Crippen molar-refractivity contribution >= 4 is 28.4 Å². The maximum absolute atomic E-state index is 3.87. The molecule has 2 heterocycles. The molecule has 0 unspecified atom stereocenters. The van der Waals surface area contributed by atoms with Gasteiger partial charge < -0.3 is 10.2 Å². The quantitative estimate of drug-likeness (QED) is 0.221. The lowest BCUT2D eigenvalue weighted by molar-refractivity contribution is 0.727. The Labute approximate surface area is 270 Å². The zero-order valence-electron chi connectivity index (χ0n) is 25.6. The van der Waals surface area contributed by atoms with Crippen LogP contribution >= 0.6 is 0 Å². The van der Waals surface area contributed by atoms with Gasteiger partial charge in [0, 0.05) is 17.1 Å². The molecule has 0 atom stereocenters. The van der Waals surface area contributed by atoms with Crippen LogP contribution < -0.4 is 10.2 Å². The number of fused-ring (bicyclic) bond motifs is 8. The van der Waals surface area contributed by atoms with Gasteiger partial charge in [0.1, 0.15) is 0 Å². The lowest BCUT2D eigenvalue weighted by atomic mass is 9.60. The number of aryl methyl sites for hydroxylation is 1. The van der Waals surface area contributed by atoms with E-state index in [4.69, 9.17) is 0 Å². The molecule has 1 spiro atoms. The molecule has 46 heavy (non-hydrogen) atoms. The molecule has 2 aliphatic rings. The first-order valence-corrected chi connectivity index (χ1v) is 15.9. The second-order valence-electron chi connectivity index (χ2n) is 12.3. The maximum atomic E-state index is 3.87. The van der Waals surface area contributed by atoms with Gasteiger partial charge in [-0.1, -0.05) is 127 Å². The molecule has 0 amide bonds. The number of nitrogens with zero attached hydrogens (tertiary/aromatic N) is 1. The predicted octanol–water partition coefficient (Wildman–Crippen LogP) is 11.6. The van der Waals surface area contributed by atoms with Crippen molar-refractivity contribution in [3.05, 3.63) is 198 Å². The summed E-state index contributed by atoms with van der Waals surface area (Å²) in [5, 5.41) is 3.87. The molecule has 0 fully saturated rings. The standard InChI is InChI=1S/C44H32N2/c1-30-20-24-35(25-21-30)46-42-18-10-8-16-36(42)44(37-17-9-11-19-43(37)46)38-28-33(31-12-4-2-5-13-31)22-26-40(38)45-41-27-23-34(29-39(41)44)32-14-6-3-7-15-32/h2-29,45H,1H3. The number of anilines is 5. The zero-order chi connectivity index (χ0) is 30.7. The van der Waals surface area contributed by atoms with Crippen LogP contribution in [0.2, 0.25) is 0 Å². The molecule has 2 aliphatic heterocycles. The van der Waals surface area contributed by atoms with E-state index in [2.05, 4.69) is 187 Å².